The van der Waals surface area contributed by atoms with Crippen molar-refractivity contribution in [2.75, 3.05) is 17.7 Å². The average molecular weight is 334 g/mol. The second-order valence-corrected chi connectivity index (χ2v) is 5.81. The molecule has 2 aromatic rings. The number of nitrogens with zero attached hydrogens (tertiary/aromatic N) is 1. The van der Waals surface area contributed by atoms with Crippen molar-refractivity contribution in [3.63, 3.8) is 0 Å². The van der Waals surface area contributed by atoms with E-state index in [4.69, 9.17) is 10.5 Å². The Morgan fingerprint density at radius 3 is 3.15 bits per heavy atom. The lowest BCUT2D eigenvalue weighted by Crippen LogP contribution is -2.06. The Hall–Kier alpha value is -1.75. The quantitative estimate of drug-likeness (QED) is 0.904. The molecule has 0 bridgehead atoms. The van der Waals surface area contributed by atoms with Crippen LogP contribution in [0.1, 0.15) is 16.7 Å². The number of nitrogens with one attached hydrogen (secondary N) is 1. The number of fused-ring (bicyclic) bond motifs is 1. The van der Waals surface area contributed by atoms with Gasteiger partial charge in [-0.15, -0.1) is 0 Å². The van der Waals surface area contributed by atoms with Gasteiger partial charge in [-0.2, -0.15) is 0 Å². The van der Waals surface area contributed by atoms with Gasteiger partial charge in [-0.25, -0.2) is 4.98 Å². The number of rotatable bonds is 3. The smallest absolute Gasteiger partial charge is 0.149 e. The van der Waals surface area contributed by atoms with Crippen LogP contribution in [0.4, 0.5) is 11.5 Å². The van der Waals surface area contributed by atoms with Crippen LogP contribution in [0.2, 0.25) is 0 Å². The highest BCUT2D eigenvalue weighted by molar-refractivity contribution is 9.10. The van der Waals surface area contributed by atoms with E-state index < -0.39 is 0 Å². The van der Waals surface area contributed by atoms with Gasteiger partial charge in [0.2, 0.25) is 0 Å². The van der Waals surface area contributed by atoms with E-state index in [9.17, 15) is 0 Å². The maximum atomic E-state index is 6.02. The number of halogens is 1. The summed E-state index contributed by atoms with van der Waals surface area (Å²) >= 11 is 3.54. The molecular weight excluding hydrogens is 318 g/mol. The predicted octanol–water partition coefficient (Wildman–Crippen LogP) is 3.28. The third-order valence-electron chi connectivity index (χ3n) is 3.48. The molecule has 1 aliphatic heterocycles. The fourth-order valence-electron chi connectivity index (χ4n) is 2.37. The van der Waals surface area contributed by atoms with Gasteiger partial charge < -0.3 is 15.8 Å². The van der Waals surface area contributed by atoms with Gasteiger partial charge in [-0.3, -0.25) is 0 Å². The molecular formula is C15H16BrN3O. The Balaban J connectivity index is 1.84. The minimum absolute atomic E-state index is 0.641. The van der Waals surface area contributed by atoms with Crippen LogP contribution >= 0.6 is 15.9 Å². The highest BCUT2D eigenvalue weighted by Gasteiger charge is 2.17. The zero-order valence-electron chi connectivity index (χ0n) is 11.2. The molecule has 0 aliphatic carbocycles. The highest BCUT2D eigenvalue weighted by Crippen LogP contribution is 2.33. The summed E-state index contributed by atoms with van der Waals surface area (Å²) in [6.45, 7) is 3.37. The summed E-state index contributed by atoms with van der Waals surface area (Å²) in [6, 6.07) is 6.09. The fraction of sp³-hybridized carbons (Fsp3) is 0.267. The normalized spacial score (nSPS) is 12.9. The lowest BCUT2D eigenvalue weighted by atomic mass is 10.1. The van der Waals surface area contributed by atoms with Crippen molar-refractivity contribution < 1.29 is 4.74 Å². The Labute approximate surface area is 126 Å². The van der Waals surface area contributed by atoms with Crippen LogP contribution in [0.25, 0.3) is 0 Å². The van der Waals surface area contributed by atoms with Gasteiger partial charge in [0.15, 0.2) is 0 Å². The molecule has 0 atom stereocenters. The zero-order chi connectivity index (χ0) is 14.1. The Morgan fingerprint density at radius 2 is 2.30 bits per heavy atom. The third-order valence-corrected chi connectivity index (χ3v) is 3.94. The molecule has 0 saturated heterocycles. The first-order chi connectivity index (χ1) is 9.65. The third kappa shape index (κ3) is 2.45. The number of ether oxygens (including phenoxy) is 1. The minimum Gasteiger partial charge on any atom is -0.493 e. The molecule has 1 aromatic heterocycles. The number of anilines is 2. The predicted molar refractivity (Wildman–Crippen MR) is 84.1 cm³/mol. The van der Waals surface area contributed by atoms with Gasteiger partial charge in [0.25, 0.3) is 0 Å². The number of nitrogens with two attached hydrogens (primary N) is 1. The SMILES string of the molecule is Cc1ccnc(NCc2cc(Br)cc3c2OCC3)c1N. The van der Waals surface area contributed by atoms with Gasteiger partial charge in [0.1, 0.15) is 11.6 Å². The van der Waals surface area contributed by atoms with E-state index in [1.54, 1.807) is 6.20 Å². The second-order valence-electron chi connectivity index (χ2n) is 4.90. The molecule has 1 aliphatic rings. The van der Waals surface area contributed by atoms with Crippen molar-refractivity contribution in [3.8, 4) is 5.75 Å². The average Bonchev–Trinajstić information content (AvgIpc) is 2.88. The Morgan fingerprint density at radius 1 is 1.45 bits per heavy atom. The number of hydrogen-bond acceptors (Lipinski definition) is 4. The molecule has 4 nitrogen and oxygen atoms in total. The monoisotopic (exact) mass is 333 g/mol. The largest absolute Gasteiger partial charge is 0.493 e. The van der Waals surface area contributed by atoms with E-state index in [0.717, 1.165) is 40.2 Å². The van der Waals surface area contributed by atoms with Crippen LogP contribution in [-0.4, -0.2) is 11.6 Å². The van der Waals surface area contributed by atoms with Crippen molar-refractivity contribution >= 4 is 27.4 Å². The van der Waals surface area contributed by atoms with Crippen molar-refractivity contribution in [1.29, 1.82) is 0 Å². The first-order valence-electron chi connectivity index (χ1n) is 6.54. The minimum atomic E-state index is 0.641. The molecule has 0 spiro atoms. The van der Waals surface area contributed by atoms with Gasteiger partial charge in [-0.1, -0.05) is 15.9 Å². The highest BCUT2D eigenvalue weighted by atomic mass is 79.9. The lowest BCUT2D eigenvalue weighted by Gasteiger charge is -2.12. The Bertz CT molecular complexity index is 658. The van der Waals surface area contributed by atoms with Crippen LogP contribution in [0.5, 0.6) is 5.75 Å². The number of nitrogen functional groups attached to an aromatic ring is 1. The molecule has 0 radical (unpaired) electrons. The molecule has 0 unspecified atom stereocenters. The number of aromatic nitrogens is 1. The van der Waals surface area contributed by atoms with Crippen molar-refractivity contribution in [1.82, 2.24) is 4.98 Å². The van der Waals surface area contributed by atoms with Gasteiger partial charge >= 0.3 is 0 Å². The molecule has 3 N–H and O–H groups in total. The first kappa shape index (κ1) is 13.2. The van der Waals surface area contributed by atoms with E-state index in [1.165, 1.54) is 5.56 Å². The van der Waals surface area contributed by atoms with E-state index in [-0.39, 0.29) is 0 Å². The van der Waals surface area contributed by atoms with E-state index in [2.05, 4.69) is 38.4 Å². The Kier molecular flexibility index (Phi) is 3.53. The van der Waals surface area contributed by atoms with Crippen LogP contribution in [0, 0.1) is 6.92 Å². The molecule has 104 valence electrons. The molecule has 2 heterocycles. The number of hydrogen-bond donors (Lipinski definition) is 2. The lowest BCUT2D eigenvalue weighted by molar-refractivity contribution is 0.354. The summed E-state index contributed by atoms with van der Waals surface area (Å²) < 4.78 is 6.79. The standard InChI is InChI=1S/C15H16BrN3O/c1-9-2-4-18-15(13(9)17)19-8-11-7-12(16)6-10-3-5-20-14(10)11/h2,4,6-7H,3,5,8,17H2,1H3,(H,18,19). The summed E-state index contributed by atoms with van der Waals surface area (Å²) in [5, 5.41) is 3.29. The van der Waals surface area contributed by atoms with E-state index >= 15 is 0 Å². The molecule has 0 saturated carbocycles. The molecule has 1 aromatic carbocycles. The van der Waals surface area contributed by atoms with E-state index in [0.29, 0.717) is 12.2 Å². The molecule has 5 heteroatoms. The van der Waals surface area contributed by atoms with Crippen LogP contribution in [0.15, 0.2) is 28.9 Å². The van der Waals surface area contributed by atoms with Crippen LogP contribution < -0.4 is 15.8 Å². The summed E-state index contributed by atoms with van der Waals surface area (Å²) in [5.41, 5.74) is 10.1. The molecule has 3 rings (SSSR count). The van der Waals surface area contributed by atoms with Crippen molar-refractivity contribution in [2.45, 2.75) is 19.9 Å². The van der Waals surface area contributed by atoms with Crippen molar-refractivity contribution in [3.05, 3.63) is 45.6 Å². The first-order valence-corrected chi connectivity index (χ1v) is 7.33. The maximum Gasteiger partial charge on any atom is 0.149 e. The maximum absolute atomic E-state index is 6.02. The van der Waals surface area contributed by atoms with Gasteiger partial charge in [-0.05, 0) is 36.2 Å². The number of benzene rings is 1. The topological polar surface area (TPSA) is 60.2 Å². The van der Waals surface area contributed by atoms with Crippen LogP contribution in [0.3, 0.4) is 0 Å². The molecule has 20 heavy (non-hydrogen) atoms. The van der Waals surface area contributed by atoms with E-state index in [1.807, 2.05) is 13.0 Å². The zero-order valence-corrected chi connectivity index (χ0v) is 12.8. The number of aryl methyl sites for hydroxylation is 1. The second kappa shape index (κ2) is 5.32. The summed E-state index contributed by atoms with van der Waals surface area (Å²) in [7, 11) is 0. The summed E-state index contributed by atoms with van der Waals surface area (Å²) in [6.07, 6.45) is 2.72. The van der Waals surface area contributed by atoms with Crippen LogP contribution in [-0.2, 0) is 13.0 Å². The summed E-state index contributed by atoms with van der Waals surface area (Å²) in [5.74, 6) is 1.71. The molecule has 0 amide bonds. The summed E-state index contributed by atoms with van der Waals surface area (Å²) in [4.78, 5) is 4.28. The van der Waals surface area contributed by atoms with Gasteiger partial charge in [0.05, 0.1) is 12.3 Å². The molecule has 0 fully saturated rings. The van der Waals surface area contributed by atoms with Gasteiger partial charge in [0, 0.05) is 29.2 Å². The number of pyridine rings is 1. The van der Waals surface area contributed by atoms with Crippen molar-refractivity contribution in [2.24, 2.45) is 0 Å². The fourth-order valence-corrected chi connectivity index (χ4v) is 2.92.